The van der Waals surface area contributed by atoms with Gasteiger partial charge in [0.05, 0.1) is 0 Å². The molecular weight excluding hydrogens is 336 g/mol. The third kappa shape index (κ3) is 3.43. The van der Waals surface area contributed by atoms with E-state index in [9.17, 15) is 0 Å². The first kappa shape index (κ1) is 21.0. The van der Waals surface area contributed by atoms with Gasteiger partial charge in [-0.05, 0) is 124 Å². The zero-order valence-electron chi connectivity index (χ0n) is 19.7. The van der Waals surface area contributed by atoms with Crippen LogP contribution in [0.15, 0.2) is 11.6 Å². The summed E-state index contributed by atoms with van der Waals surface area (Å²) in [7, 11) is 0. The van der Waals surface area contributed by atoms with Crippen LogP contribution in [0.5, 0.6) is 0 Å². The van der Waals surface area contributed by atoms with Crippen LogP contribution < -0.4 is 0 Å². The molecule has 8 atom stereocenters. The van der Waals surface area contributed by atoms with Crippen molar-refractivity contribution in [2.45, 2.75) is 118 Å². The zero-order chi connectivity index (χ0) is 19.9. The molecule has 4 aliphatic carbocycles. The van der Waals surface area contributed by atoms with E-state index in [1.807, 2.05) is 0 Å². The monoisotopic (exact) mass is 384 g/mol. The SMILES string of the molecule is C/C=C(/CC)C1CCC2C3CCC4C[C@](C)(CCCC)CCC4C3CCC12C. The second kappa shape index (κ2) is 8.11. The van der Waals surface area contributed by atoms with Gasteiger partial charge >= 0.3 is 0 Å². The molecule has 0 radical (unpaired) electrons. The summed E-state index contributed by atoms with van der Waals surface area (Å²) < 4.78 is 0. The zero-order valence-corrected chi connectivity index (χ0v) is 19.7. The van der Waals surface area contributed by atoms with Crippen molar-refractivity contribution in [1.29, 1.82) is 0 Å². The first-order valence-electron chi connectivity index (χ1n) is 13.1. The van der Waals surface area contributed by atoms with Gasteiger partial charge in [0.25, 0.3) is 0 Å². The van der Waals surface area contributed by atoms with Gasteiger partial charge in [0.2, 0.25) is 0 Å². The molecule has 7 unspecified atom stereocenters. The summed E-state index contributed by atoms with van der Waals surface area (Å²) in [5.74, 6) is 6.24. The van der Waals surface area contributed by atoms with E-state index >= 15 is 0 Å². The number of hydrogen-bond acceptors (Lipinski definition) is 0. The second-order valence-corrected chi connectivity index (χ2v) is 12.0. The third-order valence-corrected chi connectivity index (χ3v) is 10.7. The van der Waals surface area contributed by atoms with Gasteiger partial charge in [-0.2, -0.15) is 0 Å². The Morgan fingerprint density at radius 1 is 0.893 bits per heavy atom. The maximum atomic E-state index is 2.71. The average Bonchev–Trinajstić information content (AvgIpc) is 3.04. The predicted molar refractivity (Wildman–Crippen MR) is 122 cm³/mol. The molecule has 0 saturated heterocycles. The van der Waals surface area contributed by atoms with Crippen LogP contribution in [0.2, 0.25) is 0 Å². The lowest BCUT2D eigenvalue weighted by atomic mass is 9.47. The first-order chi connectivity index (χ1) is 13.5. The highest BCUT2D eigenvalue weighted by atomic mass is 14.6. The van der Waals surface area contributed by atoms with Crippen molar-refractivity contribution < 1.29 is 0 Å². The van der Waals surface area contributed by atoms with E-state index in [0.29, 0.717) is 10.8 Å². The molecule has 28 heavy (non-hydrogen) atoms. The van der Waals surface area contributed by atoms with Gasteiger partial charge in [0, 0.05) is 0 Å². The topological polar surface area (TPSA) is 0 Å². The van der Waals surface area contributed by atoms with E-state index in [4.69, 9.17) is 0 Å². The van der Waals surface area contributed by atoms with Crippen LogP contribution in [0, 0.1) is 46.3 Å². The fraction of sp³-hybridized carbons (Fsp3) is 0.929. The van der Waals surface area contributed by atoms with E-state index in [-0.39, 0.29) is 0 Å². The molecule has 0 nitrogen and oxygen atoms in total. The molecule has 0 aromatic heterocycles. The number of unbranched alkanes of at least 4 members (excludes halogenated alkanes) is 1. The lowest BCUT2D eigenvalue weighted by Crippen LogP contribution is -2.49. The molecule has 0 heterocycles. The molecule has 160 valence electrons. The van der Waals surface area contributed by atoms with Crippen molar-refractivity contribution in [3.63, 3.8) is 0 Å². The quantitative estimate of drug-likeness (QED) is 0.415. The Morgan fingerprint density at radius 3 is 2.39 bits per heavy atom. The van der Waals surface area contributed by atoms with Gasteiger partial charge in [0.15, 0.2) is 0 Å². The molecule has 0 heteroatoms. The molecule has 0 aromatic rings. The third-order valence-electron chi connectivity index (χ3n) is 10.7. The number of rotatable bonds is 5. The van der Waals surface area contributed by atoms with Gasteiger partial charge in [-0.3, -0.25) is 0 Å². The first-order valence-corrected chi connectivity index (χ1v) is 13.1. The Bertz CT molecular complexity index is 573. The molecule has 4 fully saturated rings. The minimum absolute atomic E-state index is 0.621. The minimum Gasteiger partial charge on any atom is -0.0882 e. The summed E-state index contributed by atoms with van der Waals surface area (Å²) in [5.41, 5.74) is 3.07. The highest BCUT2D eigenvalue weighted by Crippen LogP contribution is 2.66. The highest BCUT2D eigenvalue weighted by molar-refractivity contribution is 5.17. The summed E-state index contributed by atoms with van der Waals surface area (Å²) >= 11 is 0. The van der Waals surface area contributed by atoms with E-state index in [0.717, 1.165) is 35.5 Å². The predicted octanol–water partition coefficient (Wildman–Crippen LogP) is 8.81. The fourth-order valence-electron chi connectivity index (χ4n) is 9.28. The minimum atomic E-state index is 0.621. The molecule has 0 aliphatic heterocycles. The summed E-state index contributed by atoms with van der Waals surface area (Å²) in [5, 5.41) is 0. The molecule has 4 saturated carbocycles. The second-order valence-electron chi connectivity index (χ2n) is 12.0. The van der Waals surface area contributed by atoms with Crippen molar-refractivity contribution in [2.75, 3.05) is 0 Å². The largest absolute Gasteiger partial charge is 0.0882 e. The van der Waals surface area contributed by atoms with Crippen LogP contribution in [0.4, 0.5) is 0 Å². The molecule has 0 amide bonds. The Kier molecular flexibility index (Phi) is 6.08. The molecule has 0 aromatic carbocycles. The molecule has 4 rings (SSSR count). The van der Waals surface area contributed by atoms with Crippen LogP contribution >= 0.6 is 0 Å². The Hall–Kier alpha value is -0.260. The lowest BCUT2D eigenvalue weighted by Gasteiger charge is -2.57. The Labute approximate surface area is 176 Å². The van der Waals surface area contributed by atoms with Crippen LogP contribution in [0.3, 0.4) is 0 Å². The van der Waals surface area contributed by atoms with Gasteiger partial charge in [-0.15, -0.1) is 0 Å². The number of hydrogen-bond donors (Lipinski definition) is 0. The van der Waals surface area contributed by atoms with Gasteiger partial charge < -0.3 is 0 Å². The number of fused-ring (bicyclic) bond motifs is 5. The van der Waals surface area contributed by atoms with Crippen LogP contribution in [0.25, 0.3) is 0 Å². The van der Waals surface area contributed by atoms with Crippen molar-refractivity contribution >= 4 is 0 Å². The molecule has 0 bridgehead atoms. The molecular formula is C28H48. The van der Waals surface area contributed by atoms with E-state index < -0.39 is 0 Å². The number of allylic oxidation sites excluding steroid dienone is 2. The normalized spacial score (nSPS) is 48.7. The van der Waals surface area contributed by atoms with Crippen molar-refractivity contribution in [3.8, 4) is 0 Å². The van der Waals surface area contributed by atoms with Crippen LogP contribution in [-0.2, 0) is 0 Å². The Morgan fingerprint density at radius 2 is 1.68 bits per heavy atom. The average molecular weight is 385 g/mol. The van der Waals surface area contributed by atoms with Crippen molar-refractivity contribution in [2.24, 2.45) is 46.3 Å². The smallest absolute Gasteiger partial charge is 0.0147 e. The maximum absolute atomic E-state index is 2.71. The van der Waals surface area contributed by atoms with Crippen LogP contribution in [0.1, 0.15) is 118 Å². The summed E-state index contributed by atoms with van der Waals surface area (Å²) in [6.07, 6.45) is 22.0. The highest BCUT2D eigenvalue weighted by Gasteiger charge is 2.57. The van der Waals surface area contributed by atoms with Gasteiger partial charge in [0.1, 0.15) is 0 Å². The Balaban J connectivity index is 1.48. The molecule has 0 N–H and O–H groups in total. The standard InChI is InChI=1S/C28H48/c1-6-9-16-27(4)17-14-22-21(19-27)10-11-24-23(22)15-18-28(5)25(12-13-26(24)28)20(7-2)8-3/h7,21-26H,6,8-19H2,1-5H3/b20-7-/t21?,22?,23?,24?,25?,26?,27-,28?/m1/s1. The summed E-state index contributed by atoms with van der Waals surface area (Å²) in [6, 6.07) is 0. The van der Waals surface area contributed by atoms with E-state index in [1.54, 1.807) is 37.7 Å². The van der Waals surface area contributed by atoms with Crippen molar-refractivity contribution in [3.05, 3.63) is 11.6 Å². The van der Waals surface area contributed by atoms with E-state index in [1.165, 1.54) is 51.4 Å². The summed E-state index contributed by atoms with van der Waals surface area (Å²) in [6.45, 7) is 12.4. The molecule has 0 spiro atoms. The fourth-order valence-corrected chi connectivity index (χ4v) is 9.28. The molecule has 4 aliphatic rings. The lowest BCUT2D eigenvalue weighted by molar-refractivity contribution is -0.0761. The summed E-state index contributed by atoms with van der Waals surface area (Å²) in [4.78, 5) is 0. The maximum Gasteiger partial charge on any atom is -0.0147 e. The van der Waals surface area contributed by atoms with E-state index in [2.05, 4.69) is 40.7 Å². The van der Waals surface area contributed by atoms with Crippen molar-refractivity contribution in [1.82, 2.24) is 0 Å². The van der Waals surface area contributed by atoms with Crippen LogP contribution in [-0.4, -0.2) is 0 Å². The van der Waals surface area contributed by atoms with Gasteiger partial charge in [-0.1, -0.05) is 52.2 Å². The van der Waals surface area contributed by atoms with Gasteiger partial charge in [-0.25, -0.2) is 0 Å².